The Labute approximate surface area is 160 Å². The Hall–Kier alpha value is -1.67. The van der Waals surface area contributed by atoms with Gasteiger partial charge in [-0.15, -0.1) is 16.4 Å². The molecule has 0 amide bonds. The zero-order valence-electron chi connectivity index (χ0n) is 15.1. The number of H-pyrrole nitrogens is 2. The third-order valence-corrected chi connectivity index (χ3v) is 7.16. The number of nitrogens with one attached hydrogen (secondary N) is 2. The number of thioether (sulfide) groups is 1. The van der Waals surface area contributed by atoms with Gasteiger partial charge < -0.3 is 4.98 Å². The van der Waals surface area contributed by atoms with Gasteiger partial charge in [0.05, 0.1) is 11.1 Å². The second-order valence-electron chi connectivity index (χ2n) is 7.02. The van der Waals surface area contributed by atoms with Crippen molar-refractivity contribution < 1.29 is 0 Å². The summed E-state index contributed by atoms with van der Waals surface area (Å²) in [6, 6.07) is 0. The summed E-state index contributed by atoms with van der Waals surface area (Å²) in [4.78, 5) is 26.3. The summed E-state index contributed by atoms with van der Waals surface area (Å²) in [5, 5.41) is 8.77. The zero-order valence-corrected chi connectivity index (χ0v) is 16.7. The molecule has 0 aromatic carbocycles. The molecule has 0 aliphatic heterocycles. The van der Waals surface area contributed by atoms with Crippen molar-refractivity contribution in [2.24, 2.45) is 5.92 Å². The fourth-order valence-electron chi connectivity index (χ4n) is 3.59. The number of aromatic amines is 2. The van der Waals surface area contributed by atoms with Gasteiger partial charge in [-0.2, -0.15) is 0 Å². The Bertz CT molecular complexity index is 968. The van der Waals surface area contributed by atoms with Gasteiger partial charge in [-0.3, -0.25) is 9.89 Å². The largest absolute Gasteiger partial charge is 0.309 e. The van der Waals surface area contributed by atoms with Crippen LogP contribution in [0.1, 0.15) is 54.2 Å². The van der Waals surface area contributed by atoms with Crippen molar-refractivity contribution in [1.29, 1.82) is 0 Å². The van der Waals surface area contributed by atoms with E-state index in [4.69, 9.17) is 0 Å². The molecule has 3 aromatic rings. The molecule has 26 heavy (non-hydrogen) atoms. The second kappa shape index (κ2) is 7.52. The molecule has 8 heteroatoms. The predicted molar refractivity (Wildman–Crippen MR) is 106 cm³/mol. The van der Waals surface area contributed by atoms with E-state index in [1.807, 2.05) is 13.8 Å². The Morgan fingerprint density at radius 3 is 2.81 bits per heavy atom. The summed E-state index contributed by atoms with van der Waals surface area (Å²) < 4.78 is 0. The maximum absolute atomic E-state index is 12.3. The fraction of sp³-hybridized carbons (Fsp3) is 0.556. The van der Waals surface area contributed by atoms with Crippen LogP contribution in [0.25, 0.3) is 10.2 Å². The van der Waals surface area contributed by atoms with Crippen LogP contribution in [-0.4, -0.2) is 25.1 Å². The Morgan fingerprint density at radius 2 is 2.00 bits per heavy atom. The highest BCUT2D eigenvalue weighted by Crippen LogP contribution is 2.29. The highest BCUT2D eigenvalue weighted by atomic mass is 32.2. The van der Waals surface area contributed by atoms with Crippen molar-refractivity contribution in [2.45, 2.75) is 63.3 Å². The first-order valence-corrected chi connectivity index (χ1v) is 10.9. The molecule has 3 aromatic heterocycles. The topological polar surface area (TPSA) is 87.3 Å². The van der Waals surface area contributed by atoms with Crippen LogP contribution in [0.2, 0.25) is 0 Å². The van der Waals surface area contributed by atoms with Crippen molar-refractivity contribution in [1.82, 2.24) is 25.1 Å². The molecular weight excluding hydrogens is 366 g/mol. The summed E-state index contributed by atoms with van der Waals surface area (Å²) in [6.45, 7) is 4.00. The van der Waals surface area contributed by atoms with Crippen LogP contribution >= 0.6 is 23.1 Å². The smallest absolute Gasteiger partial charge is 0.259 e. The quantitative estimate of drug-likeness (QED) is 0.619. The van der Waals surface area contributed by atoms with Gasteiger partial charge in [0.15, 0.2) is 0 Å². The molecule has 2 N–H and O–H groups in total. The molecular formula is C18H23N5OS2. The highest BCUT2D eigenvalue weighted by molar-refractivity contribution is 7.98. The number of fused-ring (bicyclic) bond motifs is 1. The first-order chi connectivity index (χ1) is 12.6. The normalized spacial score (nSPS) is 15.3. The number of aromatic nitrogens is 5. The number of rotatable bonds is 6. The number of hydrogen-bond donors (Lipinski definition) is 2. The summed E-state index contributed by atoms with van der Waals surface area (Å²) in [6.07, 6.45) is 7.63. The van der Waals surface area contributed by atoms with E-state index in [2.05, 4.69) is 25.1 Å². The van der Waals surface area contributed by atoms with E-state index in [-0.39, 0.29) is 5.56 Å². The van der Waals surface area contributed by atoms with Crippen molar-refractivity contribution in [2.75, 3.05) is 0 Å². The molecule has 6 nitrogen and oxygen atoms in total. The maximum Gasteiger partial charge on any atom is 0.259 e. The SMILES string of the molecule is Cc1sc2nc(CSc3n[nH]c(CCC4CCCC4)n3)[nH]c(=O)c2c1C. The monoisotopic (exact) mass is 389 g/mol. The van der Waals surface area contributed by atoms with E-state index >= 15 is 0 Å². The molecule has 1 aliphatic carbocycles. The van der Waals surface area contributed by atoms with Gasteiger partial charge >= 0.3 is 0 Å². The summed E-state index contributed by atoms with van der Waals surface area (Å²) in [5.41, 5.74) is 0.971. The number of aryl methyl sites for hydroxylation is 3. The van der Waals surface area contributed by atoms with Crippen LogP contribution in [0.3, 0.4) is 0 Å². The number of thiophene rings is 1. The minimum absolute atomic E-state index is 0.0558. The molecule has 0 bridgehead atoms. The molecule has 138 valence electrons. The standard InChI is InChI=1S/C18H23N5OS2/c1-10-11(2)26-17-15(10)16(24)19-14(20-17)9-25-18-21-13(22-23-18)8-7-12-5-3-4-6-12/h12H,3-9H2,1-2H3,(H,19,20,24)(H,21,22,23). The fourth-order valence-corrected chi connectivity index (χ4v) is 5.33. The Balaban J connectivity index is 1.39. The Morgan fingerprint density at radius 1 is 1.19 bits per heavy atom. The van der Waals surface area contributed by atoms with E-state index in [1.165, 1.54) is 43.9 Å². The van der Waals surface area contributed by atoms with E-state index in [9.17, 15) is 4.79 Å². The second-order valence-corrected chi connectivity index (χ2v) is 9.16. The van der Waals surface area contributed by atoms with Crippen LogP contribution in [0.5, 0.6) is 0 Å². The lowest BCUT2D eigenvalue weighted by molar-refractivity contribution is 0.497. The van der Waals surface area contributed by atoms with Crippen LogP contribution in [-0.2, 0) is 12.2 Å². The molecule has 0 atom stereocenters. The van der Waals surface area contributed by atoms with Gasteiger partial charge in [-0.1, -0.05) is 37.4 Å². The number of hydrogen-bond acceptors (Lipinski definition) is 6. The average Bonchev–Trinajstić information content (AvgIpc) is 3.33. The van der Waals surface area contributed by atoms with Crippen LogP contribution < -0.4 is 5.56 Å². The van der Waals surface area contributed by atoms with Crippen LogP contribution in [0.15, 0.2) is 9.95 Å². The van der Waals surface area contributed by atoms with Crippen molar-refractivity contribution >= 4 is 33.3 Å². The number of nitrogens with zero attached hydrogens (tertiary/aromatic N) is 3. The minimum atomic E-state index is -0.0558. The Kier molecular flexibility index (Phi) is 5.13. The summed E-state index contributed by atoms with van der Waals surface area (Å²) in [5.74, 6) is 3.04. The molecule has 1 fully saturated rings. The van der Waals surface area contributed by atoms with E-state index in [0.29, 0.717) is 22.1 Å². The van der Waals surface area contributed by atoms with Crippen LogP contribution in [0, 0.1) is 19.8 Å². The van der Waals surface area contributed by atoms with E-state index in [1.54, 1.807) is 11.3 Å². The molecule has 0 spiro atoms. The third kappa shape index (κ3) is 3.71. The van der Waals surface area contributed by atoms with Gasteiger partial charge in [-0.05, 0) is 31.7 Å². The first-order valence-electron chi connectivity index (χ1n) is 9.13. The lowest BCUT2D eigenvalue weighted by Gasteiger charge is -2.05. The minimum Gasteiger partial charge on any atom is -0.309 e. The molecule has 0 radical (unpaired) electrons. The van der Waals surface area contributed by atoms with Gasteiger partial charge in [-0.25, -0.2) is 9.97 Å². The van der Waals surface area contributed by atoms with Gasteiger partial charge in [0.25, 0.3) is 5.56 Å². The molecule has 0 saturated heterocycles. The highest BCUT2D eigenvalue weighted by Gasteiger charge is 2.16. The molecule has 3 heterocycles. The summed E-state index contributed by atoms with van der Waals surface area (Å²) >= 11 is 3.07. The van der Waals surface area contributed by atoms with Crippen LogP contribution in [0.4, 0.5) is 0 Å². The summed E-state index contributed by atoms with van der Waals surface area (Å²) in [7, 11) is 0. The van der Waals surface area contributed by atoms with Crippen molar-refractivity contribution in [3.8, 4) is 0 Å². The van der Waals surface area contributed by atoms with Crippen molar-refractivity contribution in [3.63, 3.8) is 0 Å². The molecule has 1 saturated carbocycles. The predicted octanol–water partition coefficient (Wildman–Crippen LogP) is 4.13. The molecule has 0 unspecified atom stereocenters. The van der Waals surface area contributed by atoms with Crippen molar-refractivity contribution in [3.05, 3.63) is 32.4 Å². The molecule has 4 rings (SSSR count). The van der Waals surface area contributed by atoms with Gasteiger partial charge in [0.1, 0.15) is 16.5 Å². The lowest BCUT2D eigenvalue weighted by Crippen LogP contribution is -2.10. The maximum atomic E-state index is 12.3. The molecule has 1 aliphatic rings. The van der Waals surface area contributed by atoms with Gasteiger partial charge in [0.2, 0.25) is 5.16 Å². The van der Waals surface area contributed by atoms with E-state index < -0.39 is 0 Å². The van der Waals surface area contributed by atoms with E-state index in [0.717, 1.165) is 33.4 Å². The third-order valence-electron chi connectivity index (χ3n) is 5.20. The van der Waals surface area contributed by atoms with Gasteiger partial charge in [0, 0.05) is 11.3 Å². The average molecular weight is 390 g/mol. The first kappa shape index (κ1) is 17.7. The lowest BCUT2D eigenvalue weighted by atomic mass is 10.0. The zero-order chi connectivity index (χ0) is 18.1.